The van der Waals surface area contributed by atoms with Crippen molar-refractivity contribution in [1.82, 2.24) is 4.98 Å². The molecular weight excluding hydrogens is 313 g/mol. The molecule has 1 N–H and O–H groups in total. The van der Waals surface area contributed by atoms with E-state index in [1.54, 1.807) is 24.3 Å². The molecule has 0 aliphatic heterocycles. The van der Waals surface area contributed by atoms with Gasteiger partial charge in [-0.3, -0.25) is 0 Å². The molecule has 3 nitrogen and oxygen atoms in total. The highest BCUT2D eigenvalue weighted by molar-refractivity contribution is 7.15. The predicted molar refractivity (Wildman–Crippen MR) is 89.8 cm³/mol. The largest absolute Gasteiger partial charge is 0.477 e. The Hall–Kier alpha value is -2.79. The van der Waals surface area contributed by atoms with Crippen molar-refractivity contribution in [3.8, 4) is 11.3 Å². The van der Waals surface area contributed by atoms with Gasteiger partial charge in [0.25, 0.3) is 0 Å². The monoisotopic (exact) mass is 325 g/mol. The second kappa shape index (κ2) is 6.54. The Bertz CT molecular complexity index is 854. The van der Waals surface area contributed by atoms with E-state index in [4.69, 9.17) is 0 Å². The van der Waals surface area contributed by atoms with E-state index in [2.05, 4.69) is 4.98 Å². The van der Waals surface area contributed by atoms with E-state index in [0.29, 0.717) is 10.7 Å². The average molecular weight is 325 g/mol. The van der Waals surface area contributed by atoms with Crippen LogP contribution in [0.25, 0.3) is 23.4 Å². The van der Waals surface area contributed by atoms with Crippen LogP contribution < -0.4 is 0 Å². The standard InChI is InChI=1S/C18H12FNO2S/c19-14-9-6-12(7-10-14)8-11-15-20-16(17(23-15)18(21)22)13-4-2-1-3-5-13/h1-11H,(H,21,22)/b11-8+. The number of nitrogens with zero attached hydrogens (tertiary/aromatic N) is 1. The molecule has 0 saturated carbocycles. The highest BCUT2D eigenvalue weighted by Crippen LogP contribution is 2.29. The Labute approximate surface area is 136 Å². The van der Waals surface area contributed by atoms with Crippen LogP contribution in [0.4, 0.5) is 4.39 Å². The number of benzene rings is 2. The van der Waals surface area contributed by atoms with E-state index >= 15 is 0 Å². The van der Waals surface area contributed by atoms with E-state index in [9.17, 15) is 14.3 Å². The molecule has 0 atom stereocenters. The Balaban J connectivity index is 1.95. The summed E-state index contributed by atoms with van der Waals surface area (Å²) in [5, 5.41) is 9.95. The molecule has 0 aliphatic carbocycles. The molecule has 1 heterocycles. The minimum atomic E-state index is -0.997. The number of aromatic nitrogens is 1. The van der Waals surface area contributed by atoms with Crippen molar-refractivity contribution in [2.24, 2.45) is 0 Å². The van der Waals surface area contributed by atoms with Gasteiger partial charge in [-0.2, -0.15) is 0 Å². The summed E-state index contributed by atoms with van der Waals surface area (Å²) in [4.78, 5) is 16.0. The van der Waals surface area contributed by atoms with E-state index in [1.807, 2.05) is 30.3 Å². The third kappa shape index (κ3) is 3.52. The van der Waals surface area contributed by atoms with Crippen molar-refractivity contribution < 1.29 is 14.3 Å². The molecule has 3 rings (SSSR count). The van der Waals surface area contributed by atoms with Gasteiger partial charge in [-0.15, -0.1) is 11.3 Å². The summed E-state index contributed by atoms with van der Waals surface area (Å²) < 4.78 is 12.9. The number of rotatable bonds is 4. The van der Waals surface area contributed by atoms with Gasteiger partial charge in [0.15, 0.2) is 0 Å². The quantitative estimate of drug-likeness (QED) is 0.748. The average Bonchev–Trinajstić information content (AvgIpc) is 3.00. The van der Waals surface area contributed by atoms with Crippen LogP contribution in [0.3, 0.4) is 0 Å². The third-order valence-electron chi connectivity index (χ3n) is 3.17. The van der Waals surface area contributed by atoms with Gasteiger partial charge < -0.3 is 5.11 Å². The summed E-state index contributed by atoms with van der Waals surface area (Å²) in [7, 11) is 0. The lowest BCUT2D eigenvalue weighted by Crippen LogP contribution is -1.95. The first-order valence-corrected chi connectivity index (χ1v) is 7.68. The molecule has 23 heavy (non-hydrogen) atoms. The molecule has 0 fully saturated rings. The zero-order valence-corrected chi connectivity index (χ0v) is 12.8. The molecule has 0 spiro atoms. The maximum absolute atomic E-state index is 12.9. The van der Waals surface area contributed by atoms with E-state index < -0.39 is 5.97 Å². The van der Waals surface area contributed by atoms with E-state index in [-0.39, 0.29) is 10.7 Å². The molecule has 0 bridgehead atoms. The van der Waals surface area contributed by atoms with Gasteiger partial charge in [-0.25, -0.2) is 14.2 Å². The Morgan fingerprint density at radius 1 is 1.04 bits per heavy atom. The first kappa shape index (κ1) is 15.1. The van der Waals surface area contributed by atoms with Crippen molar-refractivity contribution in [3.63, 3.8) is 0 Å². The fraction of sp³-hybridized carbons (Fsp3) is 0. The van der Waals surface area contributed by atoms with Crippen molar-refractivity contribution in [1.29, 1.82) is 0 Å². The number of carboxylic acid groups (broad SMARTS) is 1. The normalized spacial score (nSPS) is 11.0. The summed E-state index contributed by atoms with van der Waals surface area (Å²) in [5.41, 5.74) is 2.05. The van der Waals surface area contributed by atoms with Gasteiger partial charge in [0, 0.05) is 5.56 Å². The number of halogens is 1. The van der Waals surface area contributed by atoms with Gasteiger partial charge in [0.2, 0.25) is 0 Å². The fourth-order valence-corrected chi connectivity index (χ4v) is 2.92. The zero-order chi connectivity index (χ0) is 16.2. The molecule has 5 heteroatoms. The van der Waals surface area contributed by atoms with E-state index in [1.165, 1.54) is 12.1 Å². The topological polar surface area (TPSA) is 50.2 Å². The van der Waals surface area contributed by atoms with Gasteiger partial charge in [-0.05, 0) is 23.8 Å². The Kier molecular flexibility index (Phi) is 4.30. The highest BCUT2D eigenvalue weighted by atomic mass is 32.1. The summed E-state index contributed by atoms with van der Waals surface area (Å²) >= 11 is 1.11. The van der Waals surface area contributed by atoms with Crippen LogP contribution in [0, 0.1) is 5.82 Å². The minimum Gasteiger partial charge on any atom is -0.477 e. The van der Waals surface area contributed by atoms with Crippen molar-refractivity contribution in [2.75, 3.05) is 0 Å². The van der Waals surface area contributed by atoms with Crippen LogP contribution in [0.15, 0.2) is 54.6 Å². The van der Waals surface area contributed by atoms with Crippen LogP contribution in [0.2, 0.25) is 0 Å². The fourth-order valence-electron chi connectivity index (χ4n) is 2.09. The second-order valence-electron chi connectivity index (χ2n) is 4.79. The lowest BCUT2D eigenvalue weighted by atomic mass is 10.1. The first-order chi connectivity index (χ1) is 11.1. The summed E-state index contributed by atoms with van der Waals surface area (Å²) in [5.74, 6) is -1.29. The van der Waals surface area contributed by atoms with Gasteiger partial charge in [0.05, 0.1) is 5.69 Å². The maximum atomic E-state index is 12.9. The number of hydrogen-bond donors (Lipinski definition) is 1. The lowest BCUT2D eigenvalue weighted by molar-refractivity contribution is 0.0702. The summed E-state index contributed by atoms with van der Waals surface area (Å²) in [6.45, 7) is 0. The Morgan fingerprint density at radius 2 is 1.74 bits per heavy atom. The predicted octanol–water partition coefficient (Wildman–Crippen LogP) is 4.82. The van der Waals surface area contributed by atoms with Crippen LogP contribution in [0.1, 0.15) is 20.2 Å². The molecule has 0 amide bonds. The van der Waals surface area contributed by atoms with Gasteiger partial charge in [0.1, 0.15) is 15.7 Å². The second-order valence-corrected chi connectivity index (χ2v) is 5.82. The van der Waals surface area contributed by atoms with E-state index in [0.717, 1.165) is 22.5 Å². The maximum Gasteiger partial charge on any atom is 0.348 e. The number of thiazole rings is 1. The smallest absolute Gasteiger partial charge is 0.348 e. The van der Waals surface area contributed by atoms with Crippen LogP contribution in [-0.4, -0.2) is 16.1 Å². The molecule has 114 valence electrons. The first-order valence-electron chi connectivity index (χ1n) is 6.86. The molecule has 3 aromatic rings. The zero-order valence-electron chi connectivity index (χ0n) is 11.9. The molecule has 0 aliphatic rings. The summed E-state index contributed by atoms with van der Waals surface area (Å²) in [6.07, 6.45) is 3.51. The van der Waals surface area contributed by atoms with Crippen LogP contribution in [0.5, 0.6) is 0 Å². The molecule has 0 unspecified atom stereocenters. The molecule has 0 radical (unpaired) electrons. The molecule has 2 aromatic carbocycles. The highest BCUT2D eigenvalue weighted by Gasteiger charge is 2.17. The molecular formula is C18H12FNO2S. The number of hydrogen-bond acceptors (Lipinski definition) is 3. The van der Waals surface area contributed by atoms with Crippen LogP contribution in [-0.2, 0) is 0 Å². The number of carboxylic acids is 1. The summed E-state index contributed by atoms with van der Waals surface area (Å²) in [6, 6.07) is 15.3. The third-order valence-corrected chi connectivity index (χ3v) is 4.18. The Morgan fingerprint density at radius 3 is 2.39 bits per heavy atom. The number of carbonyl (C=O) groups is 1. The molecule has 1 aromatic heterocycles. The van der Waals surface area contributed by atoms with Gasteiger partial charge in [-0.1, -0.05) is 48.5 Å². The lowest BCUT2D eigenvalue weighted by Gasteiger charge is -1.97. The van der Waals surface area contributed by atoms with Gasteiger partial charge >= 0.3 is 5.97 Å². The van der Waals surface area contributed by atoms with Crippen molar-refractivity contribution in [3.05, 3.63) is 75.9 Å². The molecule has 0 saturated heterocycles. The SMILES string of the molecule is O=C(O)c1sc(/C=C/c2ccc(F)cc2)nc1-c1ccccc1. The van der Waals surface area contributed by atoms with Crippen molar-refractivity contribution >= 4 is 29.5 Å². The number of aromatic carboxylic acids is 1. The van der Waals surface area contributed by atoms with Crippen LogP contribution >= 0.6 is 11.3 Å². The van der Waals surface area contributed by atoms with Crippen molar-refractivity contribution in [2.45, 2.75) is 0 Å². The minimum absolute atomic E-state index is 0.204.